The lowest BCUT2D eigenvalue weighted by atomic mass is 10.0. The van der Waals surface area contributed by atoms with Crippen LogP contribution in [0, 0.1) is 10.1 Å². The summed E-state index contributed by atoms with van der Waals surface area (Å²) in [6, 6.07) is 3.76. The number of ether oxygens (including phenoxy) is 2. The molecule has 0 bridgehead atoms. The molecule has 24 heavy (non-hydrogen) atoms. The monoisotopic (exact) mass is 338 g/mol. The fourth-order valence-electron chi connectivity index (χ4n) is 1.78. The molecule has 0 spiro atoms. The van der Waals surface area contributed by atoms with Crippen molar-refractivity contribution in [2.75, 3.05) is 13.2 Å². The Bertz CT molecular complexity index is 627. The lowest BCUT2D eigenvalue weighted by Gasteiger charge is -2.24. The number of rotatable bonds is 8. The summed E-state index contributed by atoms with van der Waals surface area (Å²) in [6.45, 7) is 7.13. The third-order valence-electron chi connectivity index (χ3n) is 3.39. The van der Waals surface area contributed by atoms with Crippen molar-refractivity contribution in [1.29, 1.82) is 0 Å². The van der Waals surface area contributed by atoms with Crippen molar-refractivity contribution in [3.63, 3.8) is 0 Å². The number of nitrogens with one attached hydrogen (secondary N) is 1. The summed E-state index contributed by atoms with van der Waals surface area (Å²) in [4.78, 5) is 34.1. The summed E-state index contributed by atoms with van der Waals surface area (Å²) in [5, 5.41) is 13.8. The van der Waals surface area contributed by atoms with Crippen molar-refractivity contribution >= 4 is 17.6 Å². The molecule has 0 radical (unpaired) electrons. The molecule has 1 aromatic rings. The number of nitro groups is 1. The van der Waals surface area contributed by atoms with Crippen molar-refractivity contribution in [1.82, 2.24) is 5.32 Å². The maximum absolute atomic E-state index is 12.0. The predicted molar refractivity (Wildman–Crippen MR) is 87.1 cm³/mol. The van der Waals surface area contributed by atoms with Crippen LogP contribution in [0.25, 0.3) is 0 Å². The molecule has 0 saturated heterocycles. The molecule has 0 aliphatic rings. The van der Waals surface area contributed by atoms with Crippen molar-refractivity contribution in [3.8, 4) is 5.75 Å². The zero-order valence-electron chi connectivity index (χ0n) is 14.3. The first-order chi connectivity index (χ1) is 11.2. The number of benzene rings is 1. The second-order valence-electron chi connectivity index (χ2n) is 5.73. The van der Waals surface area contributed by atoms with Gasteiger partial charge in [0.1, 0.15) is 0 Å². The van der Waals surface area contributed by atoms with Gasteiger partial charge in [-0.1, -0.05) is 6.92 Å². The molecule has 0 aliphatic heterocycles. The van der Waals surface area contributed by atoms with Crippen LogP contribution in [0.3, 0.4) is 0 Å². The summed E-state index contributed by atoms with van der Waals surface area (Å²) < 4.78 is 10.0. The Balaban J connectivity index is 2.76. The molecule has 1 rings (SSSR count). The Labute approximate surface area is 140 Å². The third kappa shape index (κ3) is 5.53. The third-order valence-corrected chi connectivity index (χ3v) is 3.39. The average molecular weight is 338 g/mol. The van der Waals surface area contributed by atoms with Crippen LogP contribution in [0.4, 0.5) is 5.69 Å². The van der Waals surface area contributed by atoms with E-state index in [1.165, 1.54) is 12.1 Å². The van der Waals surface area contributed by atoms with Crippen LogP contribution in [0.2, 0.25) is 0 Å². The standard InChI is InChI=1S/C16H22N2O6/c1-5-16(3,4)17-14(19)10-24-15(20)11-7-8-13(23-6-2)12(9-11)18(21)22/h7-9H,5-6,10H2,1-4H3,(H,17,19). The van der Waals surface area contributed by atoms with Crippen molar-refractivity contribution in [2.45, 2.75) is 39.7 Å². The first kappa shape index (κ1) is 19.4. The van der Waals surface area contributed by atoms with E-state index in [0.717, 1.165) is 12.5 Å². The Morgan fingerprint density at radius 3 is 2.50 bits per heavy atom. The van der Waals surface area contributed by atoms with Crippen LogP contribution in [-0.4, -0.2) is 35.6 Å². The van der Waals surface area contributed by atoms with Gasteiger partial charge in [0.15, 0.2) is 12.4 Å². The van der Waals surface area contributed by atoms with E-state index < -0.39 is 28.9 Å². The van der Waals surface area contributed by atoms with E-state index in [1.807, 2.05) is 20.8 Å². The summed E-state index contributed by atoms with van der Waals surface area (Å²) in [5.74, 6) is -1.18. The highest BCUT2D eigenvalue weighted by molar-refractivity contribution is 5.92. The van der Waals surface area contributed by atoms with Crippen LogP contribution in [-0.2, 0) is 9.53 Å². The SMILES string of the molecule is CCOc1ccc(C(=O)OCC(=O)NC(C)(C)CC)cc1[N+](=O)[O-]. The molecule has 0 heterocycles. The van der Waals surface area contributed by atoms with Crippen LogP contribution in [0.15, 0.2) is 18.2 Å². The molecule has 132 valence electrons. The van der Waals surface area contributed by atoms with Gasteiger partial charge >= 0.3 is 11.7 Å². The molecule has 0 aliphatic carbocycles. The van der Waals surface area contributed by atoms with Crippen LogP contribution < -0.4 is 10.1 Å². The van der Waals surface area contributed by atoms with Crippen molar-refractivity contribution in [2.24, 2.45) is 0 Å². The van der Waals surface area contributed by atoms with E-state index in [9.17, 15) is 19.7 Å². The fourth-order valence-corrected chi connectivity index (χ4v) is 1.78. The van der Waals surface area contributed by atoms with E-state index in [2.05, 4.69) is 5.32 Å². The van der Waals surface area contributed by atoms with Gasteiger partial charge in [-0.2, -0.15) is 0 Å². The predicted octanol–water partition coefficient (Wildman–Crippen LogP) is 2.46. The average Bonchev–Trinajstić information content (AvgIpc) is 2.52. The number of hydrogen-bond donors (Lipinski definition) is 1. The molecule has 1 aromatic carbocycles. The topological polar surface area (TPSA) is 108 Å². The number of hydrogen-bond acceptors (Lipinski definition) is 6. The van der Waals surface area contributed by atoms with E-state index in [-0.39, 0.29) is 23.6 Å². The number of carbonyl (C=O) groups excluding carboxylic acids is 2. The minimum Gasteiger partial charge on any atom is -0.487 e. The van der Waals surface area contributed by atoms with E-state index >= 15 is 0 Å². The second kappa shape index (κ2) is 8.28. The molecule has 0 aromatic heterocycles. The number of nitro benzene ring substituents is 1. The maximum Gasteiger partial charge on any atom is 0.338 e. The normalized spacial score (nSPS) is 10.8. The molecule has 0 saturated carbocycles. The van der Waals surface area contributed by atoms with Crippen LogP contribution in [0.1, 0.15) is 44.5 Å². The van der Waals surface area contributed by atoms with Gasteiger partial charge in [0, 0.05) is 11.6 Å². The van der Waals surface area contributed by atoms with Gasteiger partial charge < -0.3 is 14.8 Å². The number of carbonyl (C=O) groups is 2. The first-order valence-electron chi connectivity index (χ1n) is 7.59. The molecule has 1 N–H and O–H groups in total. The zero-order chi connectivity index (χ0) is 18.3. The Morgan fingerprint density at radius 1 is 1.29 bits per heavy atom. The largest absolute Gasteiger partial charge is 0.487 e. The van der Waals surface area contributed by atoms with Crippen LogP contribution >= 0.6 is 0 Å². The van der Waals surface area contributed by atoms with Gasteiger partial charge in [0.25, 0.3) is 5.91 Å². The van der Waals surface area contributed by atoms with Gasteiger partial charge in [-0.15, -0.1) is 0 Å². The molecule has 8 heteroatoms. The number of esters is 1. The molecule has 0 unspecified atom stereocenters. The Hall–Kier alpha value is -2.64. The van der Waals surface area contributed by atoms with E-state index in [1.54, 1.807) is 6.92 Å². The molecule has 1 amide bonds. The number of amides is 1. The van der Waals surface area contributed by atoms with E-state index in [0.29, 0.717) is 0 Å². The van der Waals surface area contributed by atoms with Crippen LogP contribution in [0.5, 0.6) is 5.75 Å². The first-order valence-corrected chi connectivity index (χ1v) is 7.59. The van der Waals surface area contributed by atoms with Gasteiger partial charge in [-0.3, -0.25) is 14.9 Å². The lowest BCUT2D eigenvalue weighted by Crippen LogP contribution is -2.44. The summed E-state index contributed by atoms with van der Waals surface area (Å²) in [7, 11) is 0. The van der Waals surface area contributed by atoms with Crippen molar-refractivity contribution < 1.29 is 24.0 Å². The molecule has 8 nitrogen and oxygen atoms in total. The highest BCUT2D eigenvalue weighted by Gasteiger charge is 2.21. The smallest absolute Gasteiger partial charge is 0.338 e. The quantitative estimate of drug-likeness (QED) is 0.443. The van der Waals surface area contributed by atoms with Gasteiger partial charge in [0.2, 0.25) is 0 Å². The zero-order valence-corrected chi connectivity index (χ0v) is 14.3. The Kier molecular flexibility index (Phi) is 6.69. The lowest BCUT2D eigenvalue weighted by molar-refractivity contribution is -0.385. The minimum atomic E-state index is -0.814. The molecule has 0 atom stereocenters. The van der Waals surface area contributed by atoms with Gasteiger partial charge in [-0.25, -0.2) is 4.79 Å². The number of nitrogens with zero attached hydrogens (tertiary/aromatic N) is 1. The summed E-state index contributed by atoms with van der Waals surface area (Å²) >= 11 is 0. The Morgan fingerprint density at radius 2 is 1.96 bits per heavy atom. The summed E-state index contributed by atoms with van der Waals surface area (Å²) in [5.41, 5.74) is -0.753. The summed E-state index contributed by atoms with van der Waals surface area (Å²) in [6.07, 6.45) is 0.720. The maximum atomic E-state index is 12.0. The van der Waals surface area contributed by atoms with Gasteiger partial charge in [-0.05, 0) is 39.3 Å². The minimum absolute atomic E-state index is 0.0206. The highest BCUT2D eigenvalue weighted by Crippen LogP contribution is 2.28. The molecule has 0 fully saturated rings. The molecular weight excluding hydrogens is 316 g/mol. The van der Waals surface area contributed by atoms with Gasteiger partial charge in [0.05, 0.1) is 17.1 Å². The van der Waals surface area contributed by atoms with E-state index in [4.69, 9.17) is 9.47 Å². The highest BCUT2D eigenvalue weighted by atomic mass is 16.6. The molecular formula is C16H22N2O6. The fraction of sp³-hybridized carbons (Fsp3) is 0.500. The second-order valence-corrected chi connectivity index (χ2v) is 5.73. The van der Waals surface area contributed by atoms with Crippen molar-refractivity contribution in [3.05, 3.63) is 33.9 Å².